The normalized spacial score (nSPS) is 20.2. The summed E-state index contributed by atoms with van der Waals surface area (Å²) in [6.07, 6.45) is 3.37. The summed E-state index contributed by atoms with van der Waals surface area (Å²) >= 11 is 0. The van der Waals surface area contributed by atoms with E-state index in [1.54, 1.807) is 0 Å². The van der Waals surface area contributed by atoms with Gasteiger partial charge in [-0.2, -0.15) is 0 Å². The van der Waals surface area contributed by atoms with Crippen LogP contribution in [0.4, 0.5) is 5.69 Å². The van der Waals surface area contributed by atoms with E-state index in [1.807, 2.05) is 0 Å². The first-order valence-corrected chi connectivity index (χ1v) is 4.54. The summed E-state index contributed by atoms with van der Waals surface area (Å²) in [4.78, 5) is 0. The topological polar surface area (TPSA) is 12.0 Å². The van der Waals surface area contributed by atoms with Gasteiger partial charge in [0.15, 0.2) is 0 Å². The Morgan fingerprint density at radius 1 is 1.42 bits per heavy atom. The molecule has 2 rings (SSSR count). The van der Waals surface area contributed by atoms with Crippen molar-refractivity contribution in [2.24, 2.45) is 0 Å². The molecule has 1 heteroatoms. The van der Waals surface area contributed by atoms with Crippen LogP contribution in [0.15, 0.2) is 24.3 Å². The molecule has 0 aromatic heterocycles. The molecular formula is C11H14N. The molecule has 0 fully saturated rings. The van der Waals surface area contributed by atoms with Crippen LogP contribution in [0.3, 0.4) is 0 Å². The number of nitrogens with one attached hydrogen (secondary N) is 1. The molecule has 12 heavy (non-hydrogen) atoms. The van der Waals surface area contributed by atoms with E-state index < -0.39 is 0 Å². The molecule has 63 valence electrons. The van der Waals surface area contributed by atoms with Crippen LogP contribution in [-0.2, 0) is 6.42 Å². The molecule has 1 N–H and O–H groups in total. The minimum Gasteiger partial charge on any atom is -0.382 e. The van der Waals surface area contributed by atoms with Crippen LogP contribution in [-0.4, -0.2) is 6.04 Å². The van der Waals surface area contributed by atoms with Crippen molar-refractivity contribution >= 4 is 5.69 Å². The van der Waals surface area contributed by atoms with Crippen LogP contribution < -0.4 is 5.32 Å². The maximum atomic E-state index is 3.87. The lowest BCUT2D eigenvalue weighted by molar-refractivity contribution is 0.683. The lowest BCUT2D eigenvalue weighted by Crippen LogP contribution is -2.14. The highest BCUT2D eigenvalue weighted by molar-refractivity contribution is 5.56. The second-order valence-corrected chi connectivity index (χ2v) is 3.34. The summed E-state index contributed by atoms with van der Waals surface area (Å²) in [5, 5.41) is 3.50. The van der Waals surface area contributed by atoms with Gasteiger partial charge in [0, 0.05) is 11.7 Å². The smallest absolute Gasteiger partial charge is 0.0375 e. The monoisotopic (exact) mass is 160 g/mol. The van der Waals surface area contributed by atoms with Gasteiger partial charge in [0.2, 0.25) is 0 Å². The SMILES string of the molecule is [CH2]CCC1Cc2ccccc2N1. The molecule has 1 nitrogen and oxygen atoms in total. The first-order valence-electron chi connectivity index (χ1n) is 4.54. The Morgan fingerprint density at radius 2 is 2.25 bits per heavy atom. The van der Waals surface area contributed by atoms with E-state index in [4.69, 9.17) is 0 Å². The van der Waals surface area contributed by atoms with E-state index in [1.165, 1.54) is 24.1 Å². The van der Waals surface area contributed by atoms with E-state index >= 15 is 0 Å². The van der Waals surface area contributed by atoms with E-state index in [-0.39, 0.29) is 0 Å². The Morgan fingerprint density at radius 3 is 3.00 bits per heavy atom. The van der Waals surface area contributed by atoms with Crippen molar-refractivity contribution in [1.29, 1.82) is 0 Å². The molecule has 1 aromatic rings. The van der Waals surface area contributed by atoms with E-state index in [2.05, 4.69) is 36.5 Å². The van der Waals surface area contributed by atoms with Gasteiger partial charge in [0.25, 0.3) is 0 Å². The standard InChI is InChI=1S/C11H14N/c1-2-5-10-8-9-6-3-4-7-11(9)12-10/h3-4,6-7,10,12H,1-2,5,8H2. The molecule has 1 aliphatic heterocycles. The largest absolute Gasteiger partial charge is 0.382 e. The molecule has 0 spiro atoms. The fraction of sp³-hybridized carbons (Fsp3) is 0.364. The van der Waals surface area contributed by atoms with Crippen LogP contribution in [0.1, 0.15) is 18.4 Å². The summed E-state index contributed by atoms with van der Waals surface area (Å²) in [6, 6.07) is 9.16. The molecule has 1 atom stereocenters. The van der Waals surface area contributed by atoms with Crippen molar-refractivity contribution in [3.8, 4) is 0 Å². The Kier molecular flexibility index (Phi) is 2.03. The molecule has 1 aromatic carbocycles. The van der Waals surface area contributed by atoms with Crippen LogP contribution in [0.2, 0.25) is 0 Å². The fourth-order valence-corrected chi connectivity index (χ4v) is 1.80. The van der Waals surface area contributed by atoms with Crippen molar-refractivity contribution in [1.82, 2.24) is 0 Å². The van der Waals surface area contributed by atoms with Gasteiger partial charge in [-0.05, 0) is 24.5 Å². The summed E-state index contributed by atoms with van der Waals surface area (Å²) in [6.45, 7) is 3.87. The minimum absolute atomic E-state index is 0.625. The Labute approximate surface area is 73.8 Å². The highest BCUT2D eigenvalue weighted by Crippen LogP contribution is 2.26. The van der Waals surface area contributed by atoms with Gasteiger partial charge in [-0.15, -0.1) is 0 Å². The van der Waals surface area contributed by atoms with Crippen molar-refractivity contribution in [3.63, 3.8) is 0 Å². The van der Waals surface area contributed by atoms with Crippen molar-refractivity contribution in [2.75, 3.05) is 5.32 Å². The van der Waals surface area contributed by atoms with Crippen LogP contribution in [0.25, 0.3) is 0 Å². The maximum absolute atomic E-state index is 3.87. The summed E-state index contributed by atoms with van der Waals surface area (Å²) < 4.78 is 0. The molecular weight excluding hydrogens is 146 g/mol. The minimum atomic E-state index is 0.625. The van der Waals surface area contributed by atoms with Crippen molar-refractivity contribution in [3.05, 3.63) is 36.8 Å². The predicted molar refractivity (Wildman–Crippen MR) is 52.1 cm³/mol. The number of hydrogen-bond donors (Lipinski definition) is 1. The third-order valence-electron chi connectivity index (χ3n) is 2.40. The Hall–Kier alpha value is -0.980. The first-order chi connectivity index (χ1) is 5.90. The maximum Gasteiger partial charge on any atom is 0.0375 e. The van der Waals surface area contributed by atoms with E-state index in [9.17, 15) is 0 Å². The first kappa shape index (κ1) is 7.66. The van der Waals surface area contributed by atoms with Crippen molar-refractivity contribution in [2.45, 2.75) is 25.3 Å². The average Bonchev–Trinajstić information content (AvgIpc) is 2.47. The second-order valence-electron chi connectivity index (χ2n) is 3.34. The van der Waals surface area contributed by atoms with Gasteiger partial charge < -0.3 is 5.32 Å². The average molecular weight is 160 g/mol. The van der Waals surface area contributed by atoms with E-state index in [0.29, 0.717) is 6.04 Å². The van der Waals surface area contributed by atoms with Crippen LogP contribution in [0.5, 0.6) is 0 Å². The number of para-hydroxylation sites is 1. The molecule has 1 unspecified atom stereocenters. The summed E-state index contributed by atoms with van der Waals surface area (Å²) in [5.74, 6) is 0. The summed E-state index contributed by atoms with van der Waals surface area (Å²) in [5.41, 5.74) is 2.77. The van der Waals surface area contributed by atoms with Gasteiger partial charge in [-0.3, -0.25) is 0 Å². The molecule has 0 saturated carbocycles. The van der Waals surface area contributed by atoms with Crippen LogP contribution in [0, 0.1) is 6.92 Å². The number of anilines is 1. The van der Waals surface area contributed by atoms with Crippen LogP contribution >= 0.6 is 0 Å². The fourth-order valence-electron chi connectivity index (χ4n) is 1.80. The quantitative estimate of drug-likeness (QED) is 0.701. The number of benzene rings is 1. The van der Waals surface area contributed by atoms with Gasteiger partial charge in [0.05, 0.1) is 0 Å². The van der Waals surface area contributed by atoms with E-state index in [0.717, 1.165) is 6.42 Å². The highest BCUT2D eigenvalue weighted by Gasteiger charge is 2.18. The molecule has 1 radical (unpaired) electrons. The molecule has 0 saturated heterocycles. The Balaban J connectivity index is 2.11. The van der Waals surface area contributed by atoms with Gasteiger partial charge in [-0.25, -0.2) is 0 Å². The summed E-state index contributed by atoms with van der Waals surface area (Å²) in [7, 11) is 0. The lowest BCUT2D eigenvalue weighted by Gasteiger charge is -2.08. The lowest BCUT2D eigenvalue weighted by atomic mass is 10.1. The van der Waals surface area contributed by atoms with Gasteiger partial charge >= 0.3 is 0 Å². The number of rotatable bonds is 2. The molecule has 0 aliphatic carbocycles. The number of hydrogen-bond acceptors (Lipinski definition) is 1. The van der Waals surface area contributed by atoms with Gasteiger partial charge in [-0.1, -0.05) is 31.5 Å². The predicted octanol–water partition coefficient (Wildman–Crippen LogP) is 2.64. The zero-order valence-electron chi connectivity index (χ0n) is 7.22. The Bertz CT molecular complexity index is 242. The highest BCUT2D eigenvalue weighted by atomic mass is 14.9. The zero-order valence-corrected chi connectivity index (χ0v) is 7.22. The zero-order chi connectivity index (χ0) is 8.39. The molecule has 0 amide bonds. The van der Waals surface area contributed by atoms with Crippen molar-refractivity contribution < 1.29 is 0 Å². The molecule has 1 aliphatic rings. The number of fused-ring (bicyclic) bond motifs is 1. The molecule has 0 bridgehead atoms. The molecule has 1 heterocycles. The third kappa shape index (κ3) is 1.31. The second kappa shape index (κ2) is 3.18. The third-order valence-corrected chi connectivity index (χ3v) is 2.40. The van der Waals surface area contributed by atoms with Gasteiger partial charge in [0.1, 0.15) is 0 Å².